The van der Waals surface area contributed by atoms with E-state index in [1.807, 2.05) is 48.5 Å². The van der Waals surface area contributed by atoms with Crippen LogP contribution in [-0.2, 0) is 19.3 Å². The zero-order chi connectivity index (χ0) is 24.9. The van der Waals surface area contributed by atoms with Crippen molar-refractivity contribution in [1.82, 2.24) is 4.57 Å². The number of rotatable bonds is 4. The van der Waals surface area contributed by atoms with Crippen LogP contribution in [-0.4, -0.2) is 11.6 Å². The van der Waals surface area contributed by atoms with Crippen LogP contribution >= 0.6 is 46.0 Å². The Labute approximate surface area is 227 Å². The highest BCUT2D eigenvalue weighted by Crippen LogP contribution is 2.46. The molecule has 13 heteroatoms. The van der Waals surface area contributed by atoms with Crippen molar-refractivity contribution in [2.45, 2.75) is 31.1 Å². The molecule has 0 atom stereocenters. The number of alkyl halides is 3. The Morgan fingerprint density at radius 3 is 2.69 bits per heavy atom. The summed E-state index contributed by atoms with van der Waals surface area (Å²) in [6.07, 6.45) is -0.850. The van der Waals surface area contributed by atoms with E-state index in [0.29, 0.717) is 16.1 Å². The molecule has 0 radical (unpaired) electrons. The van der Waals surface area contributed by atoms with Crippen molar-refractivity contribution in [1.29, 1.82) is 0 Å². The van der Waals surface area contributed by atoms with Gasteiger partial charge in [-0.25, -0.2) is 0 Å². The number of benzene rings is 1. The molecule has 36 heavy (non-hydrogen) atoms. The van der Waals surface area contributed by atoms with Gasteiger partial charge in [-0.15, -0.1) is 11.3 Å². The van der Waals surface area contributed by atoms with E-state index in [9.17, 15) is 18.0 Å². The highest BCUT2D eigenvalue weighted by molar-refractivity contribution is 8.08. The van der Waals surface area contributed by atoms with Gasteiger partial charge >= 0.3 is 6.18 Å². The molecule has 0 bridgehead atoms. The van der Waals surface area contributed by atoms with Crippen molar-refractivity contribution in [3.05, 3.63) is 83.0 Å². The Morgan fingerprint density at radius 2 is 2.00 bits per heavy atom. The van der Waals surface area contributed by atoms with Crippen molar-refractivity contribution < 1.29 is 34.6 Å². The molecule has 5 rings (SSSR count). The van der Waals surface area contributed by atoms with Gasteiger partial charge in [0, 0.05) is 23.5 Å². The molecule has 0 spiro atoms. The predicted octanol–water partition coefficient (Wildman–Crippen LogP) is 1.73. The Hall–Kier alpha value is -2.18. The maximum atomic E-state index is 13.3. The van der Waals surface area contributed by atoms with Crippen LogP contribution < -0.4 is 36.6 Å². The third kappa shape index (κ3) is 4.99. The Bertz CT molecular complexity index is 1600. The van der Waals surface area contributed by atoms with E-state index in [1.54, 1.807) is 15.3 Å². The summed E-state index contributed by atoms with van der Waals surface area (Å²) in [6.45, 7) is 2.54. The lowest BCUT2D eigenvalue weighted by Crippen LogP contribution is -3.00. The molecule has 0 saturated heterocycles. The molecule has 4 aromatic rings. The van der Waals surface area contributed by atoms with Gasteiger partial charge in [0.05, 0.1) is 17.1 Å². The summed E-state index contributed by atoms with van der Waals surface area (Å²) in [6, 6.07) is 7.91. The Balaban J connectivity index is 0.00000304. The van der Waals surface area contributed by atoms with Crippen molar-refractivity contribution in [2.75, 3.05) is 11.9 Å². The number of fused-ring (bicyclic) bond motifs is 1. The predicted molar refractivity (Wildman–Crippen MR) is 134 cm³/mol. The molecule has 190 valence electrons. The molecule has 3 aromatic heterocycles. The molecule has 5 nitrogen and oxygen atoms in total. The fourth-order valence-electron chi connectivity index (χ4n) is 3.74. The summed E-state index contributed by atoms with van der Waals surface area (Å²) in [5, 5.41) is 4.11. The minimum atomic E-state index is -4.52. The SMILES string of the molecule is CCn1c(=O)/c(=C2\Sc3ccc(Cl)cc3N2C)s/c1=C\c1scc[n+]1Cc1ccc(C(F)(F)F)o1.[Cl-]. The van der Waals surface area contributed by atoms with Crippen LogP contribution in [0, 0.1) is 0 Å². The summed E-state index contributed by atoms with van der Waals surface area (Å²) < 4.78 is 48.5. The second kappa shape index (κ2) is 10.3. The van der Waals surface area contributed by atoms with Crippen LogP contribution in [0.15, 0.2) is 56.0 Å². The summed E-state index contributed by atoms with van der Waals surface area (Å²) in [7, 11) is 1.91. The zero-order valence-corrected chi connectivity index (χ0v) is 22.8. The molecule has 0 aliphatic carbocycles. The smallest absolute Gasteiger partial charge is 0.449 e. The van der Waals surface area contributed by atoms with Gasteiger partial charge in [-0.3, -0.25) is 9.36 Å². The number of hydrogen-bond donors (Lipinski definition) is 0. The molecule has 0 saturated carbocycles. The summed E-state index contributed by atoms with van der Waals surface area (Å²) in [4.78, 5) is 16.3. The Kier molecular flexibility index (Phi) is 7.68. The second-order valence-electron chi connectivity index (χ2n) is 7.67. The van der Waals surface area contributed by atoms with Gasteiger partial charge in [0.1, 0.15) is 14.2 Å². The first kappa shape index (κ1) is 26.9. The minimum absolute atomic E-state index is 0. The molecule has 0 N–H and O–H groups in total. The zero-order valence-electron chi connectivity index (χ0n) is 18.8. The third-order valence-corrected chi connectivity index (χ3v) is 9.01. The number of anilines is 1. The molecule has 1 aliphatic heterocycles. The van der Waals surface area contributed by atoms with Gasteiger partial charge in [0.2, 0.25) is 12.3 Å². The standard InChI is InChI=1S/C23H18ClF3N3O2S3.ClH/c1-3-30-19(11-18-29(8-9-33-18)12-14-5-7-17(32-14)23(25,26)27)35-20(21(30)31)22-28(2)15-10-13(24)4-6-16(15)34-22;/h4-11H,3,12H2,1-2H3;1H/q+1;/p-1/b22-20+;. The average Bonchev–Trinajstić information content (AvgIpc) is 3.57. The lowest BCUT2D eigenvalue weighted by molar-refractivity contribution is -0.686. The third-order valence-electron chi connectivity index (χ3n) is 5.44. The van der Waals surface area contributed by atoms with E-state index in [1.165, 1.54) is 40.5 Å². The van der Waals surface area contributed by atoms with Crippen molar-refractivity contribution in [2.24, 2.45) is 0 Å². The van der Waals surface area contributed by atoms with E-state index in [-0.39, 0.29) is 30.3 Å². The number of hydrogen-bond acceptors (Lipinski definition) is 6. The number of furan rings is 1. The molecule has 1 aliphatic rings. The number of nitrogens with zero attached hydrogens (tertiary/aromatic N) is 3. The van der Waals surface area contributed by atoms with Crippen LogP contribution in [0.1, 0.15) is 23.5 Å². The topological polar surface area (TPSA) is 42.3 Å². The number of halogens is 5. The maximum absolute atomic E-state index is 13.3. The highest BCUT2D eigenvalue weighted by atomic mass is 35.5. The molecule has 4 heterocycles. The van der Waals surface area contributed by atoms with Gasteiger partial charge in [0.25, 0.3) is 10.6 Å². The van der Waals surface area contributed by atoms with E-state index < -0.39 is 11.9 Å². The first-order valence-electron chi connectivity index (χ1n) is 10.5. The van der Waals surface area contributed by atoms with Crippen molar-refractivity contribution in [3.63, 3.8) is 0 Å². The van der Waals surface area contributed by atoms with Crippen LogP contribution in [0.4, 0.5) is 18.9 Å². The van der Waals surface area contributed by atoms with Crippen LogP contribution in [0.2, 0.25) is 5.02 Å². The van der Waals surface area contributed by atoms with Gasteiger partial charge in [0.15, 0.2) is 12.0 Å². The first-order valence-corrected chi connectivity index (χ1v) is 13.3. The first-order chi connectivity index (χ1) is 16.7. The lowest BCUT2D eigenvalue weighted by atomic mass is 10.3. The second-order valence-corrected chi connectivity index (χ2v) is 11.1. The van der Waals surface area contributed by atoms with Crippen molar-refractivity contribution in [3.8, 4) is 0 Å². The molecule has 1 aromatic carbocycles. The van der Waals surface area contributed by atoms with E-state index in [2.05, 4.69) is 0 Å². The van der Waals surface area contributed by atoms with Gasteiger partial charge in [-0.05, 0) is 37.3 Å². The van der Waals surface area contributed by atoms with Crippen LogP contribution in [0.3, 0.4) is 0 Å². The van der Waals surface area contributed by atoms with Gasteiger partial charge < -0.3 is 21.7 Å². The lowest BCUT2D eigenvalue weighted by Gasteiger charge is -2.12. The fraction of sp³-hybridized carbons (Fsp3) is 0.217. The van der Waals surface area contributed by atoms with Crippen LogP contribution in [0.25, 0.3) is 11.1 Å². The summed E-state index contributed by atoms with van der Waals surface area (Å²) >= 11 is 10.5. The van der Waals surface area contributed by atoms with Gasteiger partial charge in [-0.2, -0.15) is 17.7 Å². The molecular formula is C23H18Cl2F3N3O2S3. The largest absolute Gasteiger partial charge is 1.00 e. The normalized spacial score (nSPS) is 15.4. The molecular weight excluding hydrogens is 574 g/mol. The number of thioether (sulfide) groups is 1. The maximum Gasteiger partial charge on any atom is 0.449 e. The quantitative estimate of drug-likeness (QED) is 0.339. The Morgan fingerprint density at radius 1 is 1.22 bits per heavy atom. The molecule has 0 unspecified atom stereocenters. The monoisotopic (exact) mass is 591 g/mol. The summed E-state index contributed by atoms with van der Waals surface area (Å²) in [5.41, 5.74) is 0.868. The van der Waals surface area contributed by atoms with Gasteiger partial charge in [-0.1, -0.05) is 34.7 Å². The average molecular weight is 593 g/mol. The van der Waals surface area contributed by atoms with Crippen LogP contribution in [0.5, 0.6) is 0 Å². The summed E-state index contributed by atoms with van der Waals surface area (Å²) in [5.74, 6) is -0.819. The molecule has 0 amide bonds. The number of aromatic nitrogens is 2. The molecule has 0 fully saturated rings. The highest BCUT2D eigenvalue weighted by Gasteiger charge is 2.35. The number of thiazole rings is 2. The van der Waals surface area contributed by atoms with E-state index >= 15 is 0 Å². The van der Waals surface area contributed by atoms with E-state index in [4.69, 9.17) is 16.0 Å². The minimum Gasteiger partial charge on any atom is -1.00 e. The van der Waals surface area contributed by atoms with Crippen molar-refractivity contribution >= 4 is 62.8 Å². The van der Waals surface area contributed by atoms with E-state index in [0.717, 1.165) is 31.3 Å². The fourth-order valence-corrected chi connectivity index (χ4v) is 7.20.